The maximum absolute atomic E-state index is 12.6. The van der Waals surface area contributed by atoms with E-state index in [1.807, 2.05) is 45.0 Å². The summed E-state index contributed by atoms with van der Waals surface area (Å²) in [5.74, 6) is 2.67. The minimum Gasteiger partial charge on any atom is -0.507 e. The number of phenolic OH excluding ortho intramolecular Hbond substituents is 1. The smallest absolute Gasteiger partial charge is 0.317 e. The molecule has 13 nitrogen and oxygen atoms in total. The van der Waals surface area contributed by atoms with Gasteiger partial charge in [0.15, 0.2) is 17.4 Å². The molecule has 3 aromatic rings. The van der Waals surface area contributed by atoms with Crippen LogP contribution < -0.4 is 15.1 Å². The Balaban J connectivity index is 0.758. The van der Waals surface area contributed by atoms with Crippen molar-refractivity contribution in [2.75, 3.05) is 93.7 Å². The molecule has 8 rings (SSSR count). The number of anilines is 3. The first-order valence-corrected chi connectivity index (χ1v) is 20.6. The molecule has 13 heteroatoms. The van der Waals surface area contributed by atoms with Crippen molar-refractivity contribution in [2.45, 2.75) is 83.3 Å². The van der Waals surface area contributed by atoms with Gasteiger partial charge < -0.3 is 39.3 Å². The van der Waals surface area contributed by atoms with Crippen LogP contribution in [0.1, 0.15) is 71.0 Å². The van der Waals surface area contributed by atoms with E-state index >= 15 is 0 Å². The van der Waals surface area contributed by atoms with E-state index in [4.69, 9.17) is 9.26 Å². The van der Waals surface area contributed by atoms with E-state index in [-0.39, 0.29) is 17.6 Å². The molecule has 4 saturated heterocycles. The van der Waals surface area contributed by atoms with Crippen LogP contribution in [-0.4, -0.2) is 138 Å². The minimum absolute atomic E-state index is 0.0813. The number of likely N-dealkylation sites (tertiary alicyclic amines) is 2. The van der Waals surface area contributed by atoms with Crippen LogP contribution in [0.4, 0.5) is 17.3 Å². The van der Waals surface area contributed by atoms with Crippen molar-refractivity contribution < 1.29 is 19.2 Å². The van der Waals surface area contributed by atoms with Crippen molar-refractivity contribution in [2.24, 2.45) is 11.8 Å². The topological polar surface area (TPSA) is 127 Å². The SMILES string of the molecule is CCOC(=O)C(c1cc(N2CCC(CN3CCC(N4CCC(N5CCN6c7cc(-c8ccccc8O)nnc7NC[C@H]6C5)CC4)CC3)CC2)no1)C(C)C. The molecule has 54 heavy (non-hydrogen) atoms. The van der Waals surface area contributed by atoms with Gasteiger partial charge >= 0.3 is 5.97 Å². The predicted molar refractivity (Wildman–Crippen MR) is 210 cm³/mol. The van der Waals surface area contributed by atoms with E-state index < -0.39 is 5.92 Å². The third-order valence-corrected chi connectivity index (χ3v) is 12.9. The Morgan fingerprint density at radius 1 is 0.907 bits per heavy atom. The van der Waals surface area contributed by atoms with Crippen LogP contribution in [0.2, 0.25) is 0 Å². The maximum atomic E-state index is 12.6. The molecule has 2 aromatic heterocycles. The third kappa shape index (κ3) is 7.90. The van der Waals surface area contributed by atoms with Gasteiger partial charge in [-0.2, -0.15) is 0 Å². The number of hydrogen-bond donors (Lipinski definition) is 2. The summed E-state index contributed by atoms with van der Waals surface area (Å²) in [5, 5.41) is 27.2. The van der Waals surface area contributed by atoms with Crippen LogP contribution in [0.25, 0.3) is 11.3 Å². The number of piperazine rings is 1. The number of nitrogens with zero attached hydrogens (tertiary/aromatic N) is 8. The second-order valence-corrected chi connectivity index (χ2v) is 16.5. The molecule has 5 aliphatic heterocycles. The summed E-state index contributed by atoms with van der Waals surface area (Å²) in [5.41, 5.74) is 2.53. The van der Waals surface area contributed by atoms with E-state index in [9.17, 15) is 9.90 Å². The Labute approximate surface area is 320 Å². The number of fused-ring (bicyclic) bond motifs is 3. The Morgan fingerprint density at radius 3 is 2.39 bits per heavy atom. The number of carbonyl (C=O) groups excluding carboxylic acids is 1. The number of aromatic nitrogens is 3. The molecule has 292 valence electrons. The van der Waals surface area contributed by atoms with Crippen molar-refractivity contribution in [1.29, 1.82) is 0 Å². The molecular formula is C41H59N9O4. The first-order valence-electron chi connectivity index (χ1n) is 20.6. The first-order chi connectivity index (χ1) is 26.3. The van der Waals surface area contributed by atoms with Crippen LogP contribution in [0.3, 0.4) is 0 Å². The summed E-state index contributed by atoms with van der Waals surface area (Å²) < 4.78 is 11.0. The van der Waals surface area contributed by atoms with Crippen molar-refractivity contribution in [3.05, 3.63) is 42.2 Å². The molecule has 0 bridgehead atoms. The molecule has 1 aromatic carbocycles. The van der Waals surface area contributed by atoms with Crippen LogP contribution >= 0.6 is 0 Å². The number of hydrogen-bond acceptors (Lipinski definition) is 13. The fourth-order valence-electron chi connectivity index (χ4n) is 9.78. The van der Waals surface area contributed by atoms with Gasteiger partial charge in [0.2, 0.25) is 0 Å². The Kier molecular flexibility index (Phi) is 11.3. The first kappa shape index (κ1) is 37.0. The van der Waals surface area contributed by atoms with Gasteiger partial charge in [0, 0.05) is 69.5 Å². The number of piperidine rings is 3. The number of ether oxygens (including phenoxy) is 1. The van der Waals surface area contributed by atoms with Crippen molar-refractivity contribution in [3.63, 3.8) is 0 Å². The molecule has 7 heterocycles. The monoisotopic (exact) mass is 741 g/mol. The van der Waals surface area contributed by atoms with Gasteiger partial charge in [0.1, 0.15) is 11.7 Å². The molecule has 0 saturated carbocycles. The highest BCUT2D eigenvalue weighted by Gasteiger charge is 2.38. The van der Waals surface area contributed by atoms with E-state index in [0.717, 1.165) is 75.0 Å². The van der Waals surface area contributed by atoms with Crippen LogP contribution in [-0.2, 0) is 9.53 Å². The van der Waals surface area contributed by atoms with E-state index in [2.05, 4.69) is 51.2 Å². The van der Waals surface area contributed by atoms with Gasteiger partial charge in [-0.25, -0.2) is 0 Å². The Hall–Kier alpha value is -3.94. The lowest BCUT2D eigenvalue weighted by Crippen LogP contribution is -2.61. The van der Waals surface area contributed by atoms with E-state index in [1.165, 1.54) is 58.4 Å². The average molecular weight is 742 g/mol. The Bertz CT molecular complexity index is 1710. The van der Waals surface area contributed by atoms with Crippen molar-refractivity contribution in [1.82, 2.24) is 30.1 Å². The number of aromatic hydroxyl groups is 1. The molecular weight excluding hydrogens is 683 g/mol. The predicted octanol–water partition coefficient (Wildman–Crippen LogP) is 4.90. The minimum atomic E-state index is -0.419. The highest BCUT2D eigenvalue weighted by molar-refractivity contribution is 5.78. The van der Waals surface area contributed by atoms with Crippen LogP contribution in [0, 0.1) is 11.8 Å². The number of esters is 1. The van der Waals surface area contributed by atoms with Gasteiger partial charge in [-0.1, -0.05) is 31.1 Å². The Morgan fingerprint density at radius 2 is 1.65 bits per heavy atom. The average Bonchev–Trinajstić information content (AvgIpc) is 3.68. The van der Waals surface area contributed by atoms with E-state index in [0.29, 0.717) is 42.1 Å². The second kappa shape index (κ2) is 16.4. The van der Waals surface area contributed by atoms with Gasteiger partial charge in [-0.3, -0.25) is 9.69 Å². The van der Waals surface area contributed by atoms with E-state index in [1.54, 1.807) is 6.07 Å². The second-order valence-electron chi connectivity index (χ2n) is 16.5. The molecule has 4 fully saturated rings. The molecule has 1 unspecified atom stereocenters. The highest BCUT2D eigenvalue weighted by atomic mass is 16.5. The fourth-order valence-corrected chi connectivity index (χ4v) is 9.78. The van der Waals surface area contributed by atoms with Crippen molar-refractivity contribution >= 4 is 23.3 Å². The molecule has 0 amide bonds. The summed E-state index contributed by atoms with van der Waals surface area (Å²) in [6, 6.07) is 13.2. The number of rotatable bonds is 10. The lowest BCUT2D eigenvalue weighted by molar-refractivity contribution is -0.146. The highest BCUT2D eigenvalue weighted by Crippen LogP contribution is 2.37. The largest absolute Gasteiger partial charge is 0.507 e. The standard InChI is InChI=1S/C41H59N9O4/c1-4-53-41(52)39(28(2)3)37-24-38(45-54-37)48-17-9-29(10-18-48)26-46-15-11-30(12-16-46)47-19-13-31(14-20-47)49-21-22-50-32(27-49)25-42-40-35(50)23-34(43-44-40)33-7-5-6-8-36(33)51/h5-8,23-24,28-32,39,51H,4,9-22,25-27H2,1-3H3,(H,42,44)/t32-,39?/m0/s1. The quantitative estimate of drug-likeness (QED) is 0.274. The van der Waals surface area contributed by atoms with Gasteiger partial charge in [0.05, 0.1) is 24.0 Å². The summed E-state index contributed by atoms with van der Waals surface area (Å²) >= 11 is 0. The number of para-hydroxylation sites is 1. The maximum Gasteiger partial charge on any atom is 0.317 e. The molecule has 2 atom stereocenters. The summed E-state index contributed by atoms with van der Waals surface area (Å²) in [7, 11) is 0. The van der Waals surface area contributed by atoms with Gasteiger partial charge in [-0.15, -0.1) is 10.2 Å². The van der Waals surface area contributed by atoms with Gasteiger partial charge in [-0.05, 0) is 102 Å². The summed E-state index contributed by atoms with van der Waals surface area (Å²) in [4.78, 5) is 25.7. The zero-order chi connectivity index (χ0) is 37.2. The number of benzene rings is 1. The zero-order valence-electron chi connectivity index (χ0n) is 32.4. The molecule has 0 radical (unpaired) electrons. The van der Waals surface area contributed by atoms with Crippen molar-refractivity contribution in [3.8, 4) is 17.0 Å². The molecule has 5 aliphatic rings. The zero-order valence-corrected chi connectivity index (χ0v) is 32.4. The van der Waals surface area contributed by atoms with Crippen LogP contribution in [0.5, 0.6) is 5.75 Å². The van der Waals surface area contributed by atoms with Crippen LogP contribution in [0.15, 0.2) is 40.9 Å². The summed E-state index contributed by atoms with van der Waals surface area (Å²) in [6.45, 7) is 18.2. The molecule has 2 N–H and O–H groups in total. The number of carbonyl (C=O) groups is 1. The normalized spacial score (nSPS) is 23.2. The van der Waals surface area contributed by atoms with Gasteiger partial charge in [0.25, 0.3) is 0 Å². The molecule has 0 aliphatic carbocycles. The lowest BCUT2D eigenvalue weighted by atomic mass is 9.92. The number of phenols is 1. The lowest BCUT2D eigenvalue weighted by Gasteiger charge is -2.50. The molecule has 0 spiro atoms. The summed E-state index contributed by atoms with van der Waals surface area (Å²) in [6.07, 6.45) is 7.39. The fraction of sp³-hybridized carbons (Fsp3) is 0.659. The third-order valence-electron chi connectivity index (χ3n) is 12.9. The number of nitrogens with one attached hydrogen (secondary N) is 1.